The second-order valence-electron chi connectivity index (χ2n) is 6.88. The average Bonchev–Trinajstić information content (AvgIpc) is 3.25. The second kappa shape index (κ2) is 8.98. The van der Waals surface area contributed by atoms with E-state index in [-0.39, 0.29) is 16.0 Å². The Morgan fingerprint density at radius 2 is 1.55 bits per heavy atom. The molecular weight excluding hydrogens is 410 g/mol. The van der Waals surface area contributed by atoms with Crippen molar-refractivity contribution in [2.75, 3.05) is 32.5 Å². The Bertz CT molecular complexity index is 981. The summed E-state index contributed by atoms with van der Waals surface area (Å²) in [7, 11) is -0.120. The first-order valence-electron chi connectivity index (χ1n) is 9.18. The number of carbonyl (C=O) groups excluding carboxylic acids is 2. The van der Waals surface area contributed by atoms with Crippen LogP contribution in [0, 0.1) is 0 Å². The number of rotatable bonds is 5. The largest absolute Gasteiger partial charge is 0.339 e. The lowest BCUT2D eigenvalue weighted by Crippen LogP contribution is -2.27. The van der Waals surface area contributed by atoms with Gasteiger partial charge in [-0.15, -0.1) is 0 Å². The Hall–Kier alpha value is -2.36. The molecule has 0 radical (unpaired) electrons. The lowest BCUT2D eigenvalue weighted by molar-refractivity contribution is 0.102. The van der Waals surface area contributed by atoms with E-state index in [4.69, 9.17) is 0 Å². The van der Waals surface area contributed by atoms with Crippen LogP contribution in [0.25, 0.3) is 0 Å². The van der Waals surface area contributed by atoms with Gasteiger partial charge in [-0.1, -0.05) is 0 Å². The molecule has 0 aromatic heterocycles. The fourth-order valence-electron chi connectivity index (χ4n) is 2.86. The molecule has 0 bridgehead atoms. The van der Waals surface area contributed by atoms with Crippen LogP contribution in [0.1, 0.15) is 23.2 Å². The number of sulfonamides is 1. The summed E-state index contributed by atoms with van der Waals surface area (Å²) in [5.74, 6) is -0.333. The number of thioether (sulfide) groups is 1. The molecule has 2 aromatic carbocycles. The van der Waals surface area contributed by atoms with Gasteiger partial charge < -0.3 is 10.2 Å². The van der Waals surface area contributed by atoms with Crippen molar-refractivity contribution in [1.29, 1.82) is 0 Å². The van der Waals surface area contributed by atoms with Gasteiger partial charge >= 0.3 is 0 Å². The number of hydrogen-bond donors (Lipinski definition) is 1. The molecule has 2 amide bonds. The zero-order valence-corrected chi connectivity index (χ0v) is 17.9. The quantitative estimate of drug-likeness (QED) is 0.730. The highest BCUT2D eigenvalue weighted by molar-refractivity contribution is 8.13. The predicted molar refractivity (Wildman–Crippen MR) is 114 cm³/mol. The molecule has 0 saturated carbocycles. The summed E-state index contributed by atoms with van der Waals surface area (Å²) in [6.07, 6.45) is 1.75. The van der Waals surface area contributed by atoms with Crippen molar-refractivity contribution in [2.45, 2.75) is 22.6 Å². The lowest BCUT2D eigenvalue weighted by atomic mass is 10.2. The van der Waals surface area contributed by atoms with E-state index < -0.39 is 10.0 Å². The molecule has 3 rings (SSSR count). The Labute approximate surface area is 175 Å². The van der Waals surface area contributed by atoms with E-state index in [2.05, 4.69) is 5.32 Å². The number of nitrogens with zero attached hydrogens (tertiary/aromatic N) is 2. The summed E-state index contributed by atoms with van der Waals surface area (Å²) < 4.78 is 26.6. The van der Waals surface area contributed by atoms with Crippen LogP contribution in [0.4, 0.5) is 10.5 Å². The maximum atomic E-state index is 12.6. The fraction of sp³-hybridized carbons (Fsp3) is 0.300. The number of carbonyl (C=O) groups is 2. The van der Waals surface area contributed by atoms with Gasteiger partial charge in [0.25, 0.3) is 11.1 Å². The topological polar surface area (TPSA) is 86.8 Å². The summed E-state index contributed by atoms with van der Waals surface area (Å²) in [5.41, 5.74) is 0.956. The second-order valence-corrected chi connectivity index (χ2v) is 9.84. The van der Waals surface area contributed by atoms with E-state index >= 15 is 0 Å². The normalized spacial score (nSPS) is 14.6. The smallest absolute Gasteiger partial charge is 0.285 e. The van der Waals surface area contributed by atoms with Gasteiger partial charge in [0.15, 0.2) is 0 Å². The van der Waals surface area contributed by atoms with Gasteiger partial charge in [-0.25, -0.2) is 8.42 Å². The van der Waals surface area contributed by atoms with Crippen LogP contribution in [0.15, 0.2) is 58.3 Å². The first-order chi connectivity index (χ1) is 13.8. The van der Waals surface area contributed by atoms with Gasteiger partial charge in [0, 0.05) is 43.3 Å². The third kappa shape index (κ3) is 5.17. The molecule has 0 spiro atoms. The standard InChI is InChI=1S/C20H23N3O4S2/c1-22(2)20(25)28-17-9-7-16(8-10-17)21-19(24)15-5-11-18(12-6-15)29(26,27)23-13-3-4-14-23/h5-12H,3-4,13-14H2,1-2H3,(H,21,24). The van der Waals surface area contributed by atoms with E-state index in [1.807, 2.05) is 0 Å². The lowest BCUT2D eigenvalue weighted by Gasteiger charge is -2.15. The van der Waals surface area contributed by atoms with Crippen LogP contribution < -0.4 is 5.32 Å². The first kappa shape index (κ1) is 21.4. The van der Waals surface area contributed by atoms with E-state index in [1.165, 1.54) is 33.5 Å². The molecule has 1 heterocycles. The zero-order valence-electron chi connectivity index (χ0n) is 16.3. The molecule has 1 aliphatic heterocycles. The molecule has 0 atom stereocenters. The van der Waals surface area contributed by atoms with Gasteiger partial charge in [0.1, 0.15) is 0 Å². The van der Waals surface area contributed by atoms with E-state index in [0.29, 0.717) is 24.3 Å². The van der Waals surface area contributed by atoms with Crippen molar-refractivity contribution in [3.63, 3.8) is 0 Å². The van der Waals surface area contributed by atoms with Crippen LogP contribution >= 0.6 is 11.8 Å². The Balaban J connectivity index is 1.64. The monoisotopic (exact) mass is 433 g/mol. The summed E-state index contributed by atoms with van der Waals surface area (Å²) in [6.45, 7) is 1.08. The average molecular weight is 434 g/mol. The minimum Gasteiger partial charge on any atom is -0.339 e. The van der Waals surface area contributed by atoms with Crippen molar-refractivity contribution >= 4 is 38.6 Å². The summed E-state index contributed by atoms with van der Waals surface area (Å²) in [6, 6.07) is 12.9. The molecule has 9 heteroatoms. The Morgan fingerprint density at radius 3 is 2.10 bits per heavy atom. The maximum Gasteiger partial charge on any atom is 0.285 e. The number of benzene rings is 2. The van der Waals surface area contributed by atoms with Crippen LogP contribution in [0.3, 0.4) is 0 Å². The summed E-state index contributed by atoms with van der Waals surface area (Å²) in [5, 5.41) is 2.69. The molecule has 0 unspecified atom stereocenters. The Morgan fingerprint density at radius 1 is 0.966 bits per heavy atom. The fourth-order valence-corrected chi connectivity index (χ4v) is 5.03. The van der Waals surface area contributed by atoms with E-state index in [9.17, 15) is 18.0 Å². The molecule has 1 N–H and O–H groups in total. The van der Waals surface area contributed by atoms with Crippen LogP contribution in [-0.4, -0.2) is 56.0 Å². The van der Waals surface area contributed by atoms with Gasteiger partial charge in [-0.2, -0.15) is 4.31 Å². The van der Waals surface area contributed by atoms with Crippen LogP contribution in [0.5, 0.6) is 0 Å². The van der Waals surface area contributed by atoms with E-state index in [0.717, 1.165) is 29.5 Å². The van der Waals surface area contributed by atoms with Crippen molar-refractivity contribution in [3.05, 3.63) is 54.1 Å². The van der Waals surface area contributed by atoms with Gasteiger partial charge in [0.05, 0.1) is 4.90 Å². The number of amides is 2. The van der Waals surface area contributed by atoms with Crippen molar-refractivity contribution in [3.8, 4) is 0 Å². The highest BCUT2D eigenvalue weighted by Gasteiger charge is 2.27. The van der Waals surface area contributed by atoms with Gasteiger partial charge in [-0.05, 0) is 73.1 Å². The summed E-state index contributed by atoms with van der Waals surface area (Å²) in [4.78, 5) is 26.6. The number of anilines is 1. The minimum atomic E-state index is -3.49. The predicted octanol–water partition coefficient (Wildman–Crippen LogP) is 3.50. The molecule has 0 aliphatic carbocycles. The van der Waals surface area contributed by atoms with Gasteiger partial charge in [-0.3, -0.25) is 9.59 Å². The zero-order chi connectivity index (χ0) is 21.0. The SMILES string of the molecule is CN(C)C(=O)Sc1ccc(NC(=O)c2ccc(S(=O)(=O)N3CCCC3)cc2)cc1. The highest BCUT2D eigenvalue weighted by atomic mass is 32.2. The highest BCUT2D eigenvalue weighted by Crippen LogP contribution is 2.24. The van der Waals surface area contributed by atoms with Crippen LogP contribution in [-0.2, 0) is 10.0 Å². The molecule has 1 fully saturated rings. The third-order valence-electron chi connectivity index (χ3n) is 4.50. The minimum absolute atomic E-state index is 0.0780. The van der Waals surface area contributed by atoms with Crippen molar-refractivity contribution < 1.29 is 18.0 Å². The molecule has 1 aliphatic rings. The molecular formula is C20H23N3O4S2. The molecule has 1 saturated heterocycles. The molecule has 7 nitrogen and oxygen atoms in total. The molecule has 2 aromatic rings. The van der Waals surface area contributed by atoms with Crippen molar-refractivity contribution in [2.24, 2.45) is 0 Å². The summed E-state index contributed by atoms with van der Waals surface area (Å²) >= 11 is 1.10. The third-order valence-corrected chi connectivity index (χ3v) is 7.46. The first-order valence-corrected chi connectivity index (χ1v) is 11.4. The van der Waals surface area contributed by atoms with Crippen LogP contribution in [0.2, 0.25) is 0 Å². The maximum absolute atomic E-state index is 12.6. The number of nitrogens with one attached hydrogen (secondary N) is 1. The number of hydrogen-bond acceptors (Lipinski definition) is 5. The van der Waals surface area contributed by atoms with Gasteiger partial charge in [0.2, 0.25) is 10.0 Å². The Kier molecular flexibility index (Phi) is 6.61. The molecule has 29 heavy (non-hydrogen) atoms. The molecule has 154 valence electrons. The van der Waals surface area contributed by atoms with Crippen molar-refractivity contribution in [1.82, 2.24) is 9.21 Å². The van der Waals surface area contributed by atoms with E-state index in [1.54, 1.807) is 38.4 Å².